The van der Waals surface area contributed by atoms with Gasteiger partial charge < -0.3 is 4.74 Å². The Hall–Kier alpha value is -2.09. The van der Waals surface area contributed by atoms with Gasteiger partial charge in [-0.25, -0.2) is 0 Å². The molecule has 0 spiro atoms. The second kappa shape index (κ2) is 4.30. The third kappa shape index (κ3) is 1.90. The maximum atomic E-state index is 12.1. The number of fused-ring (bicyclic) bond motifs is 1. The van der Waals surface area contributed by atoms with E-state index in [9.17, 15) is 4.79 Å². The van der Waals surface area contributed by atoms with E-state index in [4.69, 9.17) is 4.74 Å². The zero-order chi connectivity index (χ0) is 12.5. The van der Waals surface area contributed by atoms with Crippen molar-refractivity contribution < 1.29 is 9.53 Å². The van der Waals surface area contributed by atoms with E-state index in [-0.39, 0.29) is 5.78 Å². The standard InChI is InChI=1S/C16H14O2/c1-11-7-8-15-13(9-11)10-14(17)16(18-15)12-5-3-2-4-6-12/h2-9,16H,10H2,1H3. The van der Waals surface area contributed by atoms with E-state index in [1.54, 1.807) is 0 Å². The summed E-state index contributed by atoms with van der Waals surface area (Å²) in [6.45, 7) is 2.02. The molecular weight excluding hydrogens is 224 g/mol. The van der Waals surface area contributed by atoms with Crippen LogP contribution in [0.3, 0.4) is 0 Å². The van der Waals surface area contributed by atoms with E-state index in [1.165, 1.54) is 0 Å². The van der Waals surface area contributed by atoms with Crippen LogP contribution in [0, 0.1) is 6.92 Å². The Morgan fingerprint density at radius 3 is 2.67 bits per heavy atom. The van der Waals surface area contributed by atoms with Crippen LogP contribution in [0.25, 0.3) is 0 Å². The van der Waals surface area contributed by atoms with E-state index >= 15 is 0 Å². The molecule has 3 rings (SSSR count). The van der Waals surface area contributed by atoms with E-state index in [0.29, 0.717) is 6.42 Å². The highest BCUT2D eigenvalue weighted by Gasteiger charge is 2.28. The molecule has 1 heterocycles. The van der Waals surface area contributed by atoms with Gasteiger partial charge in [-0.2, -0.15) is 0 Å². The predicted molar refractivity (Wildman–Crippen MR) is 69.7 cm³/mol. The van der Waals surface area contributed by atoms with Gasteiger partial charge in [0.2, 0.25) is 0 Å². The first kappa shape index (κ1) is 11.0. The molecule has 1 atom stereocenters. The molecule has 1 unspecified atom stereocenters. The molecule has 0 saturated heterocycles. The van der Waals surface area contributed by atoms with Crippen LogP contribution in [0.1, 0.15) is 22.8 Å². The van der Waals surface area contributed by atoms with Crippen molar-refractivity contribution in [2.45, 2.75) is 19.4 Å². The topological polar surface area (TPSA) is 26.3 Å². The van der Waals surface area contributed by atoms with Crippen LogP contribution >= 0.6 is 0 Å². The van der Waals surface area contributed by atoms with Gasteiger partial charge >= 0.3 is 0 Å². The van der Waals surface area contributed by atoms with Crippen molar-refractivity contribution >= 4 is 5.78 Å². The van der Waals surface area contributed by atoms with Crippen LogP contribution in [0.2, 0.25) is 0 Å². The second-order valence-electron chi connectivity index (χ2n) is 4.66. The number of benzene rings is 2. The Balaban J connectivity index is 1.97. The summed E-state index contributed by atoms with van der Waals surface area (Å²) in [5.74, 6) is 0.952. The Bertz CT molecular complexity index is 587. The highest BCUT2D eigenvalue weighted by Crippen LogP contribution is 2.33. The molecule has 0 fully saturated rings. The van der Waals surface area contributed by atoms with E-state index < -0.39 is 6.10 Å². The Morgan fingerprint density at radius 1 is 1.11 bits per heavy atom. The molecular formula is C16H14O2. The summed E-state index contributed by atoms with van der Waals surface area (Å²) in [6, 6.07) is 15.6. The first-order chi connectivity index (χ1) is 8.74. The van der Waals surface area contributed by atoms with Crippen LogP contribution in [0.4, 0.5) is 0 Å². The van der Waals surface area contributed by atoms with Crippen LogP contribution in [-0.2, 0) is 11.2 Å². The quantitative estimate of drug-likeness (QED) is 0.762. The number of ether oxygens (including phenoxy) is 1. The van der Waals surface area contributed by atoms with Crippen molar-refractivity contribution in [3.05, 3.63) is 65.2 Å². The Labute approximate surface area is 106 Å². The van der Waals surface area contributed by atoms with Crippen LogP contribution in [0.5, 0.6) is 5.75 Å². The second-order valence-corrected chi connectivity index (χ2v) is 4.66. The first-order valence-corrected chi connectivity index (χ1v) is 6.08. The summed E-state index contributed by atoms with van der Waals surface area (Å²) < 4.78 is 5.84. The number of hydrogen-bond donors (Lipinski definition) is 0. The average molecular weight is 238 g/mol. The molecule has 0 aliphatic carbocycles. The minimum atomic E-state index is -0.457. The van der Waals surface area contributed by atoms with Crippen LogP contribution < -0.4 is 4.74 Å². The molecule has 0 saturated carbocycles. The monoisotopic (exact) mass is 238 g/mol. The summed E-state index contributed by atoms with van der Waals surface area (Å²) in [6.07, 6.45) is -0.00210. The molecule has 0 aromatic heterocycles. The smallest absolute Gasteiger partial charge is 0.182 e. The molecule has 1 aliphatic heterocycles. The van der Waals surface area contributed by atoms with Gasteiger partial charge in [0.1, 0.15) is 5.75 Å². The molecule has 2 aromatic carbocycles. The maximum absolute atomic E-state index is 12.1. The lowest BCUT2D eigenvalue weighted by molar-refractivity contribution is -0.126. The lowest BCUT2D eigenvalue weighted by Gasteiger charge is -2.25. The van der Waals surface area contributed by atoms with Crippen molar-refractivity contribution in [3.8, 4) is 5.75 Å². The van der Waals surface area contributed by atoms with E-state index in [0.717, 1.165) is 22.4 Å². The van der Waals surface area contributed by atoms with Crippen molar-refractivity contribution in [1.82, 2.24) is 0 Å². The summed E-state index contributed by atoms with van der Waals surface area (Å²) in [5.41, 5.74) is 3.07. The summed E-state index contributed by atoms with van der Waals surface area (Å²) in [5, 5.41) is 0. The van der Waals surface area contributed by atoms with Crippen molar-refractivity contribution in [3.63, 3.8) is 0 Å². The third-order valence-corrected chi connectivity index (χ3v) is 3.22. The fourth-order valence-electron chi connectivity index (χ4n) is 2.32. The lowest BCUT2D eigenvalue weighted by Crippen LogP contribution is -2.25. The molecule has 0 N–H and O–H groups in total. The molecule has 2 nitrogen and oxygen atoms in total. The number of carbonyl (C=O) groups is 1. The Morgan fingerprint density at radius 2 is 1.89 bits per heavy atom. The van der Waals surface area contributed by atoms with E-state index in [1.807, 2.05) is 55.5 Å². The number of ketones is 1. The van der Waals surface area contributed by atoms with Gasteiger partial charge in [0.05, 0.1) is 0 Å². The molecule has 0 radical (unpaired) electrons. The maximum Gasteiger partial charge on any atom is 0.182 e. The summed E-state index contributed by atoms with van der Waals surface area (Å²) in [7, 11) is 0. The largest absolute Gasteiger partial charge is 0.478 e. The van der Waals surface area contributed by atoms with Crippen molar-refractivity contribution in [2.24, 2.45) is 0 Å². The Kier molecular flexibility index (Phi) is 2.63. The minimum Gasteiger partial charge on any atom is -0.478 e. The average Bonchev–Trinajstić information content (AvgIpc) is 2.39. The van der Waals surface area contributed by atoms with Crippen molar-refractivity contribution in [1.29, 1.82) is 0 Å². The SMILES string of the molecule is Cc1ccc2c(c1)CC(=O)C(c1ccccc1)O2. The number of hydrogen-bond acceptors (Lipinski definition) is 2. The normalized spacial score (nSPS) is 18.1. The molecule has 2 heteroatoms. The number of Topliss-reactive ketones (excluding diaryl/α,β-unsaturated/α-hetero) is 1. The first-order valence-electron chi connectivity index (χ1n) is 6.08. The van der Waals surface area contributed by atoms with Gasteiger partial charge in [0, 0.05) is 12.0 Å². The fraction of sp³-hybridized carbons (Fsp3) is 0.188. The molecule has 1 aliphatic rings. The van der Waals surface area contributed by atoms with Crippen LogP contribution in [0.15, 0.2) is 48.5 Å². The number of carbonyl (C=O) groups excluding carboxylic acids is 1. The highest BCUT2D eigenvalue weighted by molar-refractivity contribution is 5.88. The molecule has 90 valence electrons. The summed E-state index contributed by atoms with van der Waals surface area (Å²) in [4.78, 5) is 12.1. The van der Waals surface area contributed by atoms with Gasteiger partial charge in [-0.1, -0.05) is 48.0 Å². The van der Waals surface area contributed by atoms with Gasteiger partial charge in [0.25, 0.3) is 0 Å². The third-order valence-electron chi connectivity index (χ3n) is 3.22. The number of rotatable bonds is 1. The van der Waals surface area contributed by atoms with Gasteiger partial charge in [-0.15, -0.1) is 0 Å². The lowest BCUT2D eigenvalue weighted by atomic mass is 9.95. The van der Waals surface area contributed by atoms with Gasteiger partial charge in [0.15, 0.2) is 11.9 Å². The zero-order valence-corrected chi connectivity index (χ0v) is 10.2. The highest BCUT2D eigenvalue weighted by atomic mass is 16.5. The van der Waals surface area contributed by atoms with E-state index in [2.05, 4.69) is 0 Å². The number of aryl methyl sites for hydroxylation is 1. The van der Waals surface area contributed by atoms with Gasteiger partial charge in [-0.05, 0) is 18.6 Å². The molecule has 2 aromatic rings. The minimum absolute atomic E-state index is 0.124. The molecule has 0 amide bonds. The molecule has 0 bridgehead atoms. The molecule has 18 heavy (non-hydrogen) atoms. The van der Waals surface area contributed by atoms with Crippen molar-refractivity contribution in [2.75, 3.05) is 0 Å². The zero-order valence-electron chi connectivity index (χ0n) is 10.2. The predicted octanol–water partition coefficient (Wildman–Crippen LogP) is 3.24. The van der Waals surface area contributed by atoms with Gasteiger partial charge in [-0.3, -0.25) is 4.79 Å². The fourth-order valence-corrected chi connectivity index (χ4v) is 2.32. The van der Waals surface area contributed by atoms with Crippen LogP contribution in [-0.4, -0.2) is 5.78 Å². The summed E-state index contributed by atoms with van der Waals surface area (Å²) >= 11 is 0.